The first-order chi connectivity index (χ1) is 15.5. The number of nitrogens with zero attached hydrogens (tertiary/aromatic N) is 4. The minimum atomic E-state index is 0.0600. The molecule has 0 spiro atoms. The maximum atomic E-state index is 5.80. The summed E-state index contributed by atoms with van der Waals surface area (Å²) < 4.78 is 7.97. The van der Waals surface area contributed by atoms with Crippen LogP contribution in [0.15, 0.2) is 30.5 Å². The van der Waals surface area contributed by atoms with Crippen molar-refractivity contribution in [3.05, 3.63) is 53.1 Å². The molecular formula is C25H37N5OS. The van der Waals surface area contributed by atoms with E-state index in [0.717, 1.165) is 63.2 Å². The molecule has 4 heterocycles. The van der Waals surface area contributed by atoms with Crippen molar-refractivity contribution >= 4 is 17.3 Å². The van der Waals surface area contributed by atoms with Crippen LogP contribution in [-0.2, 0) is 11.3 Å². The molecule has 0 radical (unpaired) electrons. The molecule has 7 heteroatoms. The number of rotatable bonds is 8. The van der Waals surface area contributed by atoms with E-state index in [9.17, 15) is 0 Å². The lowest BCUT2D eigenvalue weighted by Crippen LogP contribution is -2.37. The van der Waals surface area contributed by atoms with Crippen molar-refractivity contribution in [2.45, 2.75) is 52.7 Å². The van der Waals surface area contributed by atoms with E-state index < -0.39 is 0 Å². The third-order valence-corrected chi connectivity index (χ3v) is 7.00. The maximum Gasteiger partial charge on any atom is 0.170 e. The molecule has 0 aromatic carbocycles. The molecule has 0 aliphatic carbocycles. The third-order valence-electron chi connectivity index (χ3n) is 6.65. The molecule has 2 aromatic rings. The predicted molar refractivity (Wildman–Crippen MR) is 133 cm³/mol. The van der Waals surface area contributed by atoms with Gasteiger partial charge in [-0.05, 0) is 62.2 Å². The molecule has 2 aliphatic rings. The minimum absolute atomic E-state index is 0.0600. The fourth-order valence-corrected chi connectivity index (χ4v) is 5.40. The molecule has 2 aliphatic heterocycles. The SMILES string of the molecule is Cc1cc(C2C(c3ccccn3)NC(=S)N2CC(C)C)c(C)n1CCCN1CCOCC1. The fourth-order valence-electron chi connectivity index (χ4n) is 5.08. The first kappa shape index (κ1) is 23.2. The van der Waals surface area contributed by atoms with E-state index in [1.54, 1.807) is 0 Å². The van der Waals surface area contributed by atoms with Gasteiger partial charge in [-0.1, -0.05) is 19.9 Å². The van der Waals surface area contributed by atoms with E-state index in [4.69, 9.17) is 17.0 Å². The van der Waals surface area contributed by atoms with Crippen LogP contribution in [0.5, 0.6) is 0 Å². The second-order valence-corrected chi connectivity index (χ2v) is 9.85. The van der Waals surface area contributed by atoms with Gasteiger partial charge in [-0.25, -0.2) is 0 Å². The highest BCUT2D eigenvalue weighted by molar-refractivity contribution is 7.80. The molecule has 2 unspecified atom stereocenters. The number of ether oxygens (including phenoxy) is 1. The summed E-state index contributed by atoms with van der Waals surface area (Å²) in [4.78, 5) is 9.56. The van der Waals surface area contributed by atoms with Crippen LogP contribution in [0.3, 0.4) is 0 Å². The molecular weight excluding hydrogens is 418 g/mol. The van der Waals surface area contributed by atoms with Crippen LogP contribution in [0, 0.1) is 19.8 Å². The summed E-state index contributed by atoms with van der Waals surface area (Å²) in [5.41, 5.74) is 5.07. The number of pyridine rings is 1. The van der Waals surface area contributed by atoms with E-state index >= 15 is 0 Å². The predicted octanol–water partition coefficient (Wildman–Crippen LogP) is 3.85. The number of hydrogen-bond donors (Lipinski definition) is 1. The van der Waals surface area contributed by atoms with Gasteiger partial charge in [0.1, 0.15) is 0 Å². The second-order valence-electron chi connectivity index (χ2n) is 9.46. The number of nitrogens with one attached hydrogen (secondary N) is 1. The number of aryl methyl sites for hydroxylation is 1. The lowest BCUT2D eigenvalue weighted by atomic mass is 9.96. The third kappa shape index (κ3) is 5.00. The second kappa shape index (κ2) is 10.3. The molecule has 174 valence electrons. The Kier molecular flexibility index (Phi) is 7.48. The van der Waals surface area contributed by atoms with Gasteiger partial charge in [0.05, 0.1) is 31.0 Å². The van der Waals surface area contributed by atoms with Gasteiger partial charge in [-0.3, -0.25) is 9.88 Å². The normalized spacial score (nSPS) is 22.0. The van der Waals surface area contributed by atoms with Gasteiger partial charge >= 0.3 is 0 Å². The van der Waals surface area contributed by atoms with Gasteiger partial charge in [0, 0.05) is 50.3 Å². The zero-order valence-corrected chi connectivity index (χ0v) is 20.7. The standard InChI is InChI=1S/C25H37N5OS/c1-18(2)17-30-24(23(27-25(30)32)22-8-5-6-9-26-22)21-16-19(3)29(20(21)4)11-7-10-28-12-14-31-15-13-28/h5-6,8-9,16,18,23-24H,7,10-15,17H2,1-4H3,(H,27,32). The Morgan fingerprint density at radius 1 is 1.19 bits per heavy atom. The van der Waals surface area contributed by atoms with Gasteiger partial charge < -0.3 is 19.5 Å². The molecule has 4 rings (SSSR count). The first-order valence-electron chi connectivity index (χ1n) is 11.9. The van der Waals surface area contributed by atoms with E-state index in [-0.39, 0.29) is 12.1 Å². The van der Waals surface area contributed by atoms with E-state index in [1.807, 2.05) is 12.3 Å². The summed E-state index contributed by atoms with van der Waals surface area (Å²) in [6.45, 7) is 15.9. The Balaban J connectivity index is 1.58. The quantitative estimate of drug-likeness (QED) is 0.610. The van der Waals surface area contributed by atoms with Crippen LogP contribution in [0.2, 0.25) is 0 Å². The van der Waals surface area contributed by atoms with Crippen molar-refractivity contribution < 1.29 is 4.74 Å². The average Bonchev–Trinajstić information content (AvgIpc) is 3.25. The van der Waals surface area contributed by atoms with Crippen molar-refractivity contribution in [3.8, 4) is 0 Å². The Hall–Kier alpha value is -1.96. The van der Waals surface area contributed by atoms with Crippen LogP contribution in [0.1, 0.15) is 55.0 Å². The summed E-state index contributed by atoms with van der Waals surface area (Å²) in [6.07, 6.45) is 3.02. The van der Waals surface area contributed by atoms with E-state index in [1.165, 1.54) is 17.0 Å². The average molecular weight is 456 g/mol. The van der Waals surface area contributed by atoms with Gasteiger partial charge in [-0.2, -0.15) is 0 Å². The smallest absolute Gasteiger partial charge is 0.170 e. The Labute approximate surface area is 197 Å². The topological polar surface area (TPSA) is 45.6 Å². The monoisotopic (exact) mass is 455 g/mol. The summed E-state index contributed by atoms with van der Waals surface area (Å²) >= 11 is 5.80. The summed E-state index contributed by atoms with van der Waals surface area (Å²) in [5, 5.41) is 4.41. The highest BCUT2D eigenvalue weighted by Crippen LogP contribution is 2.41. The van der Waals surface area contributed by atoms with Crippen molar-refractivity contribution in [2.75, 3.05) is 39.4 Å². The largest absolute Gasteiger partial charge is 0.379 e. The number of hydrogen-bond acceptors (Lipinski definition) is 4. The number of thiocarbonyl (C=S) groups is 1. The Bertz CT molecular complexity index is 907. The van der Waals surface area contributed by atoms with Crippen LogP contribution in [0.4, 0.5) is 0 Å². The van der Waals surface area contributed by atoms with Gasteiger partial charge in [0.2, 0.25) is 0 Å². The molecule has 0 saturated carbocycles. The van der Waals surface area contributed by atoms with Crippen molar-refractivity contribution in [1.82, 2.24) is 24.7 Å². The Morgan fingerprint density at radius 2 is 1.97 bits per heavy atom. The molecule has 2 atom stereocenters. The van der Waals surface area contributed by atoms with Crippen molar-refractivity contribution in [1.29, 1.82) is 0 Å². The van der Waals surface area contributed by atoms with E-state index in [0.29, 0.717) is 5.92 Å². The van der Waals surface area contributed by atoms with Gasteiger partial charge in [-0.15, -0.1) is 0 Å². The van der Waals surface area contributed by atoms with Crippen LogP contribution < -0.4 is 5.32 Å². The van der Waals surface area contributed by atoms with Gasteiger partial charge in [0.15, 0.2) is 5.11 Å². The molecule has 32 heavy (non-hydrogen) atoms. The molecule has 0 amide bonds. The van der Waals surface area contributed by atoms with Crippen LogP contribution >= 0.6 is 12.2 Å². The summed E-state index contributed by atoms with van der Waals surface area (Å²) in [6, 6.07) is 8.72. The molecule has 2 saturated heterocycles. The summed E-state index contributed by atoms with van der Waals surface area (Å²) in [5.74, 6) is 0.525. The molecule has 6 nitrogen and oxygen atoms in total. The van der Waals surface area contributed by atoms with Crippen LogP contribution in [-0.4, -0.2) is 63.9 Å². The highest BCUT2D eigenvalue weighted by atomic mass is 32.1. The maximum absolute atomic E-state index is 5.80. The molecule has 2 fully saturated rings. The lowest BCUT2D eigenvalue weighted by molar-refractivity contribution is 0.0369. The number of aromatic nitrogens is 2. The highest BCUT2D eigenvalue weighted by Gasteiger charge is 2.41. The zero-order valence-electron chi connectivity index (χ0n) is 19.9. The first-order valence-corrected chi connectivity index (χ1v) is 12.3. The van der Waals surface area contributed by atoms with E-state index in [2.05, 4.69) is 70.6 Å². The molecule has 0 bridgehead atoms. The van der Waals surface area contributed by atoms with Crippen molar-refractivity contribution in [2.24, 2.45) is 5.92 Å². The summed E-state index contributed by atoms with van der Waals surface area (Å²) in [7, 11) is 0. The van der Waals surface area contributed by atoms with Crippen molar-refractivity contribution in [3.63, 3.8) is 0 Å². The lowest BCUT2D eigenvalue weighted by Gasteiger charge is -2.29. The van der Waals surface area contributed by atoms with Crippen LogP contribution in [0.25, 0.3) is 0 Å². The van der Waals surface area contributed by atoms with Gasteiger partial charge in [0.25, 0.3) is 0 Å². The Morgan fingerprint density at radius 3 is 2.66 bits per heavy atom. The molecule has 1 N–H and O–H groups in total. The zero-order chi connectivity index (χ0) is 22.7. The fraction of sp³-hybridized carbons (Fsp3) is 0.600. The minimum Gasteiger partial charge on any atom is -0.379 e. The number of morpholine rings is 1. The molecule has 2 aromatic heterocycles.